The van der Waals surface area contributed by atoms with E-state index in [2.05, 4.69) is 84.5 Å². The summed E-state index contributed by atoms with van der Waals surface area (Å²) in [6, 6.07) is 17.2. The first-order chi connectivity index (χ1) is 14.0. The number of carbonyl (C=O) groups is 1. The Morgan fingerprint density at radius 2 is 1.66 bits per heavy atom. The summed E-state index contributed by atoms with van der Waals surface area (Å²) >= 11 is 0. The number of piperazine rings is 1. The Kier molecular flexibility index (Phi) is 7.84. The molecule has 4 nitrogen and oxygen atoms in total. The maximum atomic E-state index is 12.3. The molecule has 2 aromatic carbocycles. The number of hydrogen-bond donors (Lipinski definition) is 1. The molecule has 1 heterocycles. The lowest BCUT2D eigenvalue weighted by molar-refractivity contribution is -0.121. The van der Waals surface area contributed by atoms with Crippen LogP contribution in [0.1, 0.15) is 48.4 Å². The SMILES string of the molecule is CC(C)c1ccc(CCC(=O)NCc2cccc(CN3CCN(C)CC3)c2)cc1. The van der Waals surface area contributed by atoms with Crippen LogP contribution in [-0.2, 0) is 24.3 Å². The van der Waals surface area contributed by atoms with E-state index in [1.807, 2.05) is 0 Å². The van der Waals surface area contributed by atoms with Gasteiger partial charge in [-0.25, -0.2) is 0 Å². The highest BCUT2D eigenvalue weighted by atomic mass is 16.1. The minimum atomic E-state index is 0.113. The molecule has 0 atom stereocenters. The van der Waals surface area contributed by atoms with Crippen molar-refractivity contribution < 1.29 is 4.79 Å². The van der Waals surface area contributed by atoms with Crippen LogP contribution < -0.4 is 5.32 Å². The molecular weight excluding hydrogens is 358 g/mol. The Bertz CT molecular complexity index is 777. The van der Waals surface area contributed by atoms with Gasteiger partial charge in [0.25, 0.3) is 0 Å². The third-order valence-electron chi connectivity index (χ3n) is 5.77. The summed E-state index contributed by atoms with van der Waals surface area (Å²) in [7, 11) is 2.18. The summed E-state index contributed by atoms with van der Waals surface area (Å²) in [6.45, 7) is 10.5. The second-order valence-electron chi connectivity index (χ2n) is 8.57. The number of benzene rings is 2. The molecule has 1 amide bonds. The number of nitrogens with one attached hydrogen (secondary N) is 1. The van der Waals surface area contributed by atoms with E-state index in [-0.39, 0.29) is 5.91 Å². The highest BCUT2D eigenvalue weighted by molar-refractivity contribution is 5.76. The zero-order chi connectivity index (χ0) is 20.6. The van der Waals surface area contributed by atoms with E-state index < -0.39 is 0 Å². The molecule has 1 aliphatic rings. The van der Waals surface area contributed by atoms with Crippen LogP contribution in [0.15, 0.2) is 48.5 Å². The Labute approximate surface area is 175 Å². The molecule has 29 heavy (non-hydrogen) atoms. The summed E-state index contributed by atoms with van der Waals surface area (Å²) < 4.78 is 0. The molecule has 2 aromatic rings. The minimum absolute atomic E-state index is 0.113. The zero-order valence-electron chi connectivity index (χ0n) is 18.2. The number of nitrogens with zero attached hydrogens (tertiary/aromatic N) is 2. The molecule has 0 unspecified atom stereocenters. The van der Waals surface area contributed by atoms with E-state index in [0.717, 1.165) is 39.1 Å². The maximum absolute atomic E-state index is 12.3. The lowest BCUT2D eigenvalue weighted by Crippen LogP contribution is -2.43. The summed E-state index contributed by atoms with van der Waals surface area (Å²) in [4.78, 5) is 17.2. The Hall–Kier alpha value is -2.17. The van der Waals surface area contributed by atoms with Crippen LogP contribution in [0, 0.1) is 0 Å². The molecule has 3 rings (SSSR count). The molecule has 0 bridgehead atoms. The number of aryl methyl sites for hydroxylation is 1. The maximum Gasteiger partial charge on any atom is 0.220 e. The Balaban J connectivity index is 1.42. The second kappa shape index (κ2) is 10.6. The molecule has 0 radical (unpaired) electrons. The van der Waals surface area contributed by atoms with Crippen molar-refractivity contribution in [2.45, 2.75) is 45.7 Å². The fraction of sp³-hybridized carbons (Fsp3) is 0.480. The molecular formula is C25H35N3O. The summed E-state index contributed by atoms with van der Waals surface area (Å²) in [5.41, 5.74) is 5.06. The van der Waals surface area contributed by atoms with E-state index in [4.69, 9.17) is 0 Å². The molecule has 1 fully saturated rings. The van der Waals surface area contributed by atoms with E-state index in [1.54, 1.807) is 0 Å². The highest BCUT2D eigenvalue weighted by Crippen LogP contribution is 2.15. The van der Waals surface area contributed by atoms with Gasteiger partial charge in [-0.2, -0.15) is 0 Å². The Morgan fingerprint density at radius 1 is 0.966 bits per heavy atom. The van der Waals surface area contributed by atoms with E-state index in [9.17, 15) is 4.79 Å². The Morgan fingerprint density at radius 3 is 2.34 bits per heavy atom. The molecule has 156 valence electrons. The topological polar surface area (TPSA) is 35.6 Å². The standard InChI is InChI=1S/C25H35N3O/c1-20(2)24-10-7-21(8-11-24)9-12-25(29)26-18-22-5-4-6-23(17-22)19-28-15-13-27(3)14-16-28/h4-8,10-11,17,20H,9,12-16,18-19H2,1-3H3,(H,26,29). The quantitative estimate of drug-likeness (QED) is 0.741. The van der Waals surface area contributed by atoms with Gasteiger partial charge >= 0.3 is 0 Å². The van der Waals surface area contributed by atoms with Crippen molar-refractivity contribution in [1.82, 2.24) is 15.1 Å². The highest BCUT2D eigenvalue weighted by Gasteiger charge is 2.14. The minimum Gasteiger partial charge on any atom is -0.352 e. The summed E-state index contributed by atoms with van der Waals surface area (Å²) in [6.07, 6.45) is 1.32. The molecule has 0 saturated carbocycles. The van der Waals surface area contributed by atoms with Crippen LogP contribution >= 0.6 is 0 Å². The second-order valence-corrected chi connectivity index (χ2v) is 8.57. The molecule has 1 aliphatic heterocycles. The van der Waals surface area contributed by atoms with Crippen molar-refractivity contribution >= 4 is 5.91 Å². The van der Waals surface area contributed by atoms with Crippen LogP contribution in [0.2, 0.25) is 0 Å². The lowest BCUT2D eigenvalue weighted by atomic mass is 10.0. The third kappa shape index (κ3) is 6.98. The predicted molar refractivity (Wildman–Crippen MR) is 120 cm³/mol. The first kappa shape index (κ1) is 21.5. The molecule has 1 N–H and O–H groups in total. The van der Waals surface area contributed by atoms with Crippen molar-refractivity contribution in [3.05, 3.63) is 70.8 Å². The number of hydrogen-bond acceptors (Lipinski definition) is 3. The lowest BCUT2D eigenvalue weighted by Gasteiger charge is -2.32. The van der Waals surface area contributed by atoms with E-state index in [1.165, 1.54) is 22.3 Å². The first-order valence-corrected chi connectivity index (χ1v) is 10.8. The monoisotopic (exact) mass is 393 g/mol. The zero-order valence-corrected chi connectivity index (χ0v) is 18.2. The molecule has 4 heteroatoms. The summed E-state index contributed by atoms with van der Waals surface area (Å²) in [5, 5.41) is 3.08. The van der Waals surface area contributed by atoms with Gasteiger partial charge in [-0.05, 0) is 41.6 Å². The van der Waals surface area contributed by atoms with Crippen LogP contribution in [0.4, 0.5) is 0 Å². The van der Waals surface area contributed by atoms with E-state index >= 15 is 0 Å². The summed E-state index contributed by atoms with van der Waals surface area (Å²) in [5.74, 6) is 0.654. The average Bonchev–Trinajstić information content (AvgIpc) is 2.73. The van der Waals surface area contributed by atoms with Gasteiger partial charge in [-0.15, -0.1) is 0 Å². The predicted octanol–water partition coefficient (Wildman–Crippen LogP) is 3.81. The van der Waals surface area contributed by atoms with Gasteiger partial charge in [0.15, 0.2) is 0 Å². The van der Waals surface area contributed by atoms with Gasteiger partial charge in [-0.1, -0.05) is 62.4 Å². The van der Waals surface area contributed by atoms with Crippen LogP contribution in [-0.4, -0.2) is 48.9 Å². The number of carbonyl (C=O) groups excluding carboxylic acids is 1. The van der Waals surface area contributed by atoms with Crippen LogP contribution in [0.25, 0.3) is 0 Å². The fourth-order valence-electron chi connectivity index (χ4n) is 3.72. The number of amides is 1. The third-order valence-corrected chi connectivity index (χ3v) is 5.77. The molecule has 0 spiro atoms. The number of rotatable bonds is 8. The fourth-order valence-corrected chi connectivity index (χ4v) is 3.72. The van der Waals surface area contributed by atoms with Crippen molar-refractivity contribution in [2.24, 2.45) is 0 Å². The van der Waals surface area contributed by atoms with Gasteiger partial charge in [0.2, 0.25) is 5.91 Å². The van der Waals surface area contributed by atoms with Crippen LogP contribution in [0.5, 0.6) is 0 Å². The van der Waals surface area contributed by atoms with Gasteiger partial charge in [0, 0.05) is 45.7 Å². The normalized spacial score (nSPS) is 15.6. The largest absolute Gasteiger partial charge is 0.352 e. The van der Waals surface area contributed by atoms with Crippen molar-refractivity contribution in [2.75, 3.05) is 33.2 Å². The van der Waals surface area contributed by atoms with Gasteiger partial charge in [0.1, 0.15) is 0 Å². The average molecular weight is 394 g/mol. The smallest absolute Gasteiger partial charge is 0.220 e. The van der Waals surface area contributed by atoms with Gasteiger partial charge in [-0.3, -0.25) is 9.69 Å². The van der Waals surface area contributed by atoms with Crippen molar-refractivity contribution in [3.63, 3.8) is 0 Å². The molecule has 0 aromatic heterocycles. The van der Waals surface area contributed by atoms with Crippen LogP contribution in [0.3, 0.4) is 0 Å². The number of likely N-dealkylation sites (N-methyl/N-ethyl adjacent to an activating group) is 1. The van der Waals surface area contributed by atoms with E-state index in [0.29, 0.717) is 18.9 Å². The first-order valence-electron chi connectivity index (χ1n) is 10.8. The van der Waals surface area contributed by atoms with Gasteiger partial charge < -0.3 is 10.2 Å². The van der Waals surface area contributed by atoms with Crippen molar-refractivity contribution in [1.29, 1.82) is 0 Å². The van der Waals surface area contributed by atoms with Gasteiger partial charge in [0.05, 0.1) is 0 Å². The van der Waals surface area contributed by atoms with Crippen molar-refractivity contribution in [3.8, 4) is 0 Å². The molecule has 1 saturated heterocycles. The molecule has 0 aliphatic carbocycles.